The number of anilines is 1. The quantitative estimate of drug-likeness (QED) is 0.690. The first-order valence-electron chi connectivity index (χ1n) is 6.69. The fourth-order valence-electron chi connectivity index (χ4n) is 1.71. The van der Waals surface area contributed by atoms with E-state index in [0.29, 0.717) is 22.2 Å². The van der Waals surface area contributed by atoms with Crippen LogP contribution in [-0.4, -0.2) is 25.2 Å². The second-order valence-corrected chi connectivity index (χ2v) is 5.90. The molecule has 0 saturated carbocycles. The summed E-state index contributed by atoms with van der Waals surface area (Å²) in [4.78, 5) is 23.5. The number of hydrazine groups is 1. The maximum absolute atomic E-state index is 12.2. The van der Waals surface area contributed by atoms with E-state index in [1.54, 1.807) is 18.2 Å². The largest absolute Gasteiger partial charge is 0.453 e. The van der Waals surface area contributed by atoms with Crippen LogP contribution in [-0.2, 0) is 9.53 Å². The van der Waals surface area contributed by atoms with E-state index in [-0.39, 0.29) is 5.92 Å². The lowest BCUT2D eigenvalue weighted by Gasteiger charge is -2.20. The molecule has 0 aliphatic rings. The van der Waals surface area contributed by atoms with E-state index in [1.807, 2.05) is 13.8 Å². The van der Waals surface area contributed by atoms with Gasteiger partial charge < -0.3 is 10.1 Å². The highest BCUT2D eigenvalue weighted by Gasteiger charge is 2.22. The van der Waals surface area contributed by atoms with Crippen LogP contribution in [0.3, 0.4) is 0 Å². The van der Waals surface area contributed by atoms with Gasteiger partial charge in [-0.1, -0.05) is 37.0 Å². The van der Waals surface area contributed by atoms with E-state index in [0.717, 1.165) is 0 Å². The van der Waals surface area contributed by atoms with Crippen LogP contribution in [0.25, 0.3) is 0 Å². The summed E-state index contributed by atoms with van der Waals surface area (Å²) in [6, 6.07) is 4.11. The Bertz CT molecular complexity index is 538. The topological polar surface area (TPSA) is 79.5 Å². The number of rotatable bonds is 6. The highest BCUT2D eigenvalue weighted by Crippen LogP contribution is 2.24. The number of amides is 2. The molecule has 0 heterocycles. The number of ether oxygens (including phenoxy) is 1. The number of hydrogen-bond donors (Lipinski definition) is 3. The Balaban J connectivity index is 2.67. The zero-order valence-electron chi connectivity index (χ0n) is 12.6. The van der Waals surface area contributed by atoms with Crippen LogP contribution in [0.2, 0.25) is 10.0 Å². The summed E-state index contributed by atoms with van der Waals surface area (Å²) < 4.78 is 4.52. The maximum Gasteiger partial charge on any atom is 0.407 e. The number of benzene rings is 1. The van der Waals surface area contributed by atoms with Gasteiger partial charge >= 0.3 is 6.09 Å². The molecule has 1 atom stereocenters. The number of hydrogen-bond acceptors (Lipinski definition) is 4. The fraction of sp³-hybridized carbons (Fsp3) is 0.429. The third-order valence-corrected chi connectivity index (χ3v) is 3.30. The predicted molar refractivity (Wildman–Crippen MR) is 87.0 cm³/mol. The Morgan fingerprint density at radius 3 is 2.50 bits per heavy atom. The van der Waals surface area contributed by atoms with Gasteiger partial charge in [0.1, 0.15) is 6.04 Å². The summed E-state index contributed by atoms with van der Waals surface area (Å²) in [5, 5.41) is 3.35. The van der Waals surface area contributed by atoms with Crippen LogP contribution in [0, 0.1) is 5.92 Å². The highest BCUT2D eigenvalue weighted by molar-refractivity contribution is 6.36. The molecular weight excluding hydrogens is 329 g/mol. The van der Waals surface area contributed by atoms with Crippen molar-refractivity contribution in [2.45, 2.75) is 26.3 Å². The van der Waals surface area contributed by atoms with E-state index in [9.17, 15) is 9.59 Å². The summed E-state index contributed by atoms with van der Waals surface area (Å²) in [5.41, 5.74) is 5.71. The molecule has 1 rings (SSSR count). The summed E-state index contributed by atoms with van der Waals surface area (Å²) in [7, 11) is 1.24. The molecule has 6 nitrogen and oxygen atoms in total. The maximum atomic E-state index is 12.2. The van der Waals surface area contributed by atoms with E-state index in [4.69, 9.17) is 23.2 Å². The SMILES string of the molecule is COC(=O)NC(CC(C)C)C(=O)NNc1ccc(Cl)cc1Cl. The second-order valence-electron chi connectivity index (χ2n) is 5.06. The minimum atomic E-state index is -0.717. The molecule has 0 fully saturated rings. The molecule has 0 saturated heterocycles. The van der Waals surface area contributed by atoms with Gasteiger partial charge in [0.15, 0.2) is 0 Å². The third kappa shape index (κ3) is 5.99. The smallest absolute Gasteiger partial charge is 0.407 e. The molecule has 2 amide bonds. The summed E-state index contributed by atoms with van der Waals surface area (Å²) >= 11 is 11.8. The normalized spacial score (nSPS) is 11.7. The molecule has 0 aromatic heterocycles. The van der Waals surface area contributed by atoms with Crippen LogP contribution < -0.4 is 16.2 Å². The van der Waals surface area contributed by atoms with Gasteiger partial charge in [0, 0.05) is 5.02 Å². The third-order valence-electron chi connectivity index (χ3n) is 2.75. The van der Waals surface area contributed by atoms with Gasteiger partial charge in [-0.3, -0.25) is 15.6 Å². The van der Waals surface area contributed by atoms with Crippen LogP contribution >= 0.6 is 23.2 Å². The van der Waals surface area contributed by atoms with Crippen LogP contribution in [0.1, 0.15) is 20.3 Å². The number of carbonyl (C=O) groups excluding carboxylic acids is 2. The fourth-order valence-corrected chi connectivity index (χ4v) is 2.17. The van der Waals surface area contributed by atoms with E-state index in [2.05, 4.69) is 20.9 Å². The minimum Gasteiger partial charge on any atom is -0.453 e. The molecule has 122 valence electrons. The molecule has 0 spiro atoms. The zero-order valence-corrected chi connectivity index (χ0v) is 14.1. The van der Waals surface area contributed by atoms with Crippen molar-refractivity contribution in [2.75, 3.05) is 12.5 Å². The Kier molecular flexibility index (Phi) is 7.27. The Labute approximate surface area is 139 Å². The first-order chi connectivity index (χ1) is 10.3. The van der Waals surface area contributed by atoms with Gasteiger partial charge in [-0.05, 0) is 30.5 Å². The number of methoxy groups -OCH3 is 1. The zero-order chi connectivity index (χ0) is 16.7. The molecule has 0 aliphatic heterocycles. The van der Waals surface area contributed by atoms with Gasteiger partial charge in [-0.25, -0.2) is 4.79 Å². The van der Waals surface area contributed by atoms with Gasteiger partial charge in [-0.15, -0.1) is 0 Å². The molecule has 1 aromatic carbocycles. The molecule has 22 heavy (non-hydrogen) atoms. The molecule has 0 radical (unpaired) electrons. The van der Waals surface area contributed by atoms with Gasteiger partial charge in [0.05, 0.1) is 17.8 Å². The molecular formula is C14H19Cl2N3O3. The van der Waals surface area contributed by atoms with Crippen LogP contribution in [0.5, 0.6) is 0 Å². The molecule has 0 bridgehead atoms. The second kappa shape index (κ2) is 8.70. The number of nitrogens with one attached hydrogen (secondary N) is 3. The van der Waals surface area contributed by atoms with Crippen LogP contribution in [0.4, 0.5) is 10.5 Å². The molecule has 8 heteroatoms. The minimum absolute atomic E-state index is 0.215. The lowest BCUT2D eigenvalue weighted by Crippen LogP contribution is -2.48. The van der Waals surface area contributed by atoms with Crippen molar-refractivity contribution in [1.29, 1.82) is 0 Å². The Morgan fingerprint density at radius 2 is 1.95 bits per heavy atom. The van der Waals surface area contributed by atoms with Crippen molar-refractivity contribution in [2.24, 2.45) is 5.92 Å². The average molecular weight is 348 g/mol. The van der Waals surface area contributed by atoms with Gasteiger partial charge in [0.25, 0.3) is 5.91 Å². The monoisotopic (exact) mass is 347 g/mol. The van der Waals surface area contributed by atoms with Gasteiger partial charge in [0.2, 0.25) is 0 Å². The lowest BCUT2D eigenvalue weighted by molar-refractivity contribution is -0.122. The van der Waals surface area contributed by atoms with Crippen LogP contribution in [0.15, 0.2) is 18.2 Å². The summed E-state index contributed by atoms with van der Waals surface area (Å²) in [6.07, 6.45) is -0.193. The molecule has 0 aliphatic carbocycles. The highest BCUT2D eigenvalue weighted by atomic mass is 35.5. The number of carbonyl (C=O) groups is 2. The number of alkyl carbamates (subject to hydrolysis) is 1. The summed E-state index contributed by atoms with van der Waals surface area (Å²) in [5.74, 6) is -0.183. The standard InChI is InChI=1S/C14H19Cl2N3O3/c1-8(2)6-12(17-14(21)22-3)13(20)19-18-11-5-4-9(15)7-10(11)16/h4-5,7-8,12,18H,6H2,1-3H3,(H,17,21)(H,19,20). The van der Waals surface area contributed by atoms with E-state index >= 15 is 0 Å². The first kappa shape index (κ1) is 18.4. The first-order valence-corrected chi connectivity index (χ1v) is 7.44. The summed E-state index contributed by atoms with van der Waals surface area (Å²) in [6.45, 7) is 3.89. The average Bonchev–Trinajstić information content (AvgIpc) is 2.44. The van der Waals surface area contributed by atoms with E-state index in [1.165, 1.54) is 7.11 Å². The van der Waals surface area contributed by atoms with Crippen molar-refractivity contribution in [1.82, 2.24) is 10.7 Å². The Morgan fingerprint density at radius 1 is 1.27 bits per heavy atom. The van der Waals surface area contributed by atoms with Crippen molar-refractivity contribution in [3.05, 3.63) is 28.2 Å². The van der Waals surface area contributed by atoms with Crippen molar-refractivity contribution in [3.8, 4) is 0 Å². The molecule has 3 N–H and O–H groups in total. The predicted octanol–water partition coefficient (Wildman–Crippen LogP) is 3.21. The number of halogens is 2. The van der Waals surface area contributed by atoms with E-state index < -0.39 is 18.0 Å². The lowest BCUT2D eigenvalue weighted by atomic mass is 10.0. The molecule has 1 aromatic rings. The van der Waals surface area contributed by atoms with Crippen molar-refractivity contribution >= 4 is 40.9 Å². The Hall–Kier alpha value is -1.66. The van der Waals surface area contributed by atoms with Gasteiger partial charge in [-0.2, -0.15) is 0 Å². The molecule has 1 unspecified atom stereocenters. The van der Waals surface area contributed by atoms with Crippen molar-refractivity contribution < 1.29 is 14.3 Å². The van der Waals surface area contributed by atoms with Crippen molar-refractivity contribution in [3.63, 3.8) is 0 Å².